The molecule has 0 N–H and O–H groups in total. The molecule has 0 spiro atoms. The van der Waals surface area contributed by atoms with Gasteiger partial charge < -0.3 is 28.4 Å². The van der Waals surface area contributed by atoms with Crippen LogP contribution >= 0.6 is 0 Å². The molecule has 6 heteroatoms. The quantitative estimate of drug-likeness (QED) is 0.478. The third-order valence-electron chi connectivity index (χ3n) is 4.34. The van der Waals surface area contributed by atoms with E-state index in [-0.39, 0.29) is 18.0 Å². The van der Waals surface area contributed by atoms with Crippen LogP contribution in [0.5, 0.6) is 0 Å². The van der Waals surface area contributed by atoms with Crippen LogP contribution in [0.25, 0.3) is 0 Å². The molecule has 3 saturated heterocycles. The summed E-state index contributed by atoms with van der Waals surface area (Å²) in [5.74, 6) is 0. The first-order chi connectivity index (χ1) is 10.3. The fraction of sp³-hybridized carbons (Fsp3) is 1.00. The Balaban J connectivity index is 1.41. The average molecular weight is 302 g/mol. The molecular weight excluding hydrogens is 276 g/mol. The van der Waals surface area contributed by atoms with Crippen LogP contribution < -0.4 is 0 Å². The molecule has 0 amide bonds. The summed E-state index contributed by atoms with van der Waals surface area (Å²) in [4.78, 5) is 0. The first-order valence-corrected chi connectivity index (χ1v) is 7.95. The van der Waals surface area contributed by atoms with Crippen molar-refractivity contribution in [2.75, 3.05) is 46.2 Å². The van der Waals surface area contributed by atoms with Crippen molar-refractivity contribution in [2.45, 2.75) is 44.9 Å². The summed E-state index contributed by atoms with van der Waals surface area (Å²) < 4.78 is 32.5. The van der Waals surface area contributed by atoms with Crippen LogP contribution in [0.3, 0.4) is 0 Å². The van der Waals surface area contributed by atoms with Gasteiger partial charge in [-0.2, -0.15) is 0 Å². The average Bonchev–Trinajstić information content (AvgIpc) is 3.34. The Morgan fingerprint density at radius 3 is 1.95 bits per heavy atom. The van der Waals surface area contributed by atoms with Gasteiger partial charge in [-0.3, -0.25) is 0 Å². The highest BCUT2D eigenvalue weighted by Gasteiger charge is 2.33. The number of hydrogen-bond donors (Lipinski definition) is 0. The number of rotatable bonds is 13. The van der Waals surface area contributed by atoms with Crippen molar-refractivity contribution >= 4 is 0 Å². The van der Waals surface area contributed by atoms with E-state index in [0.717, 1.165) is 45.7 Å². The van der Waals surface area contributed by atoms with E-state index in [9.17, 15) is 0 Å². The Kier molecular flexibility index (Phi) is 5.48. The van der Waals surface area contributed by atoms with E-state index in [1.807, 2.05) is 0 Å². The Morgan fingerprint density at radius 1 is 0.952 bits per heavy atom. The van der Waals surface area contributed by atoms with E-state index in [2.05, 4.69) is 6.92 Å². The van der Waals surface area contributed by atoms with Crippen LogP contribution in [0.1, 0.15) is 26.2 Å². The molecule has 122 valence electrons. The molecule has 0 saturated carbocycles. The van der Waals surface area contributed by atoms with Gasteiger partial charge in [-0.25, -0.2) is 0 Å². The summed E-state index contributed by atoms with van der Waals surface area (Å²) in [7, 11) is 0. The molecule has 3 unspecified atom stereocenters. The summed E-state index contributed by atoms with van der Waals surface area (Å²) in [5, 5.41) is 0. The molecule has 3 atom stereocenters. The summed E-state index contributed by atoms with van der Waals surface area (Å²) in [6.45, 7) is 7.35. The van der Waals surface area contributed by atoms with E-state index in [4.69, 9.17) is 28.4 Å². The summed E-state index contributed by atoms with van der Waals surface area (Å²) in [5.41, 5.74) is 0.0959. The number of hydrogen-bond acceptors (Lipinski definition) is 6. The highest BCUT2D eigenvalue weighted by Crippen LogP contribution is 2.33. The van der Waals surface area contributed by atoms with E-state index in [1.54, 1.807) is 0 Å². The van der Waals surface area contributed by atoms with E-state index >= 15 is 0 Å². The van der Waals surface area contributed by atoms with Crippen LogP contribution in [0.2, 0.25) is 0 Å². The minimum absolute atomic E-state index is 0.0245. The summed E-state index contributed by atoms with van der Waals surface area (Å²) >= 11 is 0. The molecule has 3 rings (SSSR count). The predicted molar refractivity (Wildman–Crippen MR) is 73.9 cm³/mol. The highest BCUT2D eigenvalue weighted by molar-refractivity contribution is 4.79. The fourth-order valence-electron chi connectivity index (χ4n) is 2.38. The largest absolute Gasteiger partial charge is 0.378 e. The Labute approximate surface area is 126 Å². The second-order valence-corrected chi connectivity index (χ2v) is 6.09. The Bertz CT molecular complexity index is 266. The predicted octanol–water partition coefficient (Wildman–Crippen LogP) is 1.32. The summed E-state index contributed by atoms with van der Waals surface area (Å²) in [6, 6.07) is 0. The van der Waals surface area contributed by atoms with Gasteiger partial charge in [0.25, 0.3) is 0 Å². The summed E-state index contributed by atoms with van der Waals surface area (Å²) in [6.07, 6.45) is 3.33. The maximum absolute atomic E-state index is 5.86. The van der Waals surface area contributed by atoms with Gasteiger partial charge in [-0.1, -0.05) is 6.92 Å². The highest BCUT2D eigenvalue weighted by atomic mass is 16.8. The van der Waals surface area contributed by atoms with Crippen LogP contribution in [-0.2, 0) is 28.4 Å². The van der Waals surface area contributed by atoms with Gasteiger partial charge in [0.05, 0.1) is 33.0 Å². The smallest absolute Gasteiger partial charge is 0.181 e. The molecule has 21 heavy (non-hydrogen) atoms. The van der Waals surface area contributed by atoms with E-state index in [0.29, 0.717) is 25.9 Å². The first-order valence-electron chi connectivity index (χ1n) is 7.95. The number of epoxide rings is 3. The standard InChI is InChI=1S/C15H26O6/c1-2-15(3-5-17-13-9-20-13,4-6-18-14-10-21-14)11-16-7-12-8-19-12/h12-14H,2-11H2,1H3. The van der Waals surface area contributed by atoms with Gasteiger partial charge >= 0.3 is 0 Å². The molecule has 6 nitrogen and oxygen atoms in total. The topological polar surface area (TPSA) is 65.3 Å². The molecule has 3 heterocycles. The second-order valence-electron chi connectivity index (χ2n) is 6.09. The lowest BCUT2D eigenvalue weighted by atomic mass is 9.80. The zero-order valence-corrected chi connectivity index (χ0v) is 12.8. The van der Waals surface area contributed by atoms with E-state index < -0.39 is 0 Å². The molecule has 3 aliphatic rings. The third kappa shape index (κ3) is 5.81. The van der Waals surface area contributed by atoms with Crippen molar-refractivity contribution in [2.24, 2.45) is 5.41 Å². The molecule has 3 aliphatic heterocycles. The monoisotopic (exact) mass is 302 g/mol. The van der Waals surface area contributed by atoms with Crippen molar-refractivity contribution in [1.29, 1.82) is 0 Å². The lowest BCUT2D eigenvalue weighted by molar-refractivity contribution is -0.0345. The van der Waals surface area contributed by atoms with Crippen molar-refractivity contribution < 1.29 is 28.4 Å². The Morgan fingerprint density at radius 2 is 1.52 bits per heavy atom. The lowest BCUT2D eigenvalue weighted by Gasteiger charge is -2.32. The minimum Gasteiger partial charge on any atom is -0.378 e. The van der Waals surface area contributed by atoms with Gasteiger partial charge in [-0.15, -0.1) is 0 Å². The third-order valence-corrected chi connectivity index (χ3v) is 4.34. The molecule has 0 radical (unpaired) electrons. The molecule has 0 aliphatic carbocycles. The maximum Gasteiger partial charge on any atom is 0.181 e. The Hall–Kier alpha value is -0.240. The first kappa shape index (κ1) is 15.6. The van der Waals surface area contributed by atoms with Crippen LogP contribution in [0, 0.1) is 5.41 Å². The molecule has 0 bridgehead atoms. The minimum atomic E-state index is 0.0245. The fourth-order valence-corrected chi connectivity index (χ4v) is 2.38. The van der Waals surface area contributed by atoms with Crippen LogP contribution in [0.4, 0.5) is 0 Å². The van der Waals surface area contributed by atoms with Crippen molar-refractivity contribution in [1.82, 2.24) is 0 Å². The zero-order chi connectivity index (χ0) is 14.5. The zero-order valence-electron chi connectivity index (χ0n) is 12.8. The van der Waals surface area contributed by atoms with Crippen LogP contribution in [-0.4, -0.2) is 64.9 Å². The van der Waals surface area contributed by atoms with Crippen LogP contribution in [0.15, 0.2) is 0 Å². The molecule has 0 aromatic heterocycles. The van der Waals surface area contributed by atoms with Gasteiger partial charge in [0.15, 0.2) is 12.6 Å². The molecule has 0 aromatic rings. The molecular formula is C15H26O6. The van der Waals surface area contributed by atoms with Crippen molar-refractivity contribution in [3.8, 4) is 0 Å². The van der Waals surface area contributed by atoms with Gasteiger partial charge in [0.1, 0.15) is 19.3 Å². The number of ether oxygens (including phenoxy) is 6. The SMILES string of the molecule is CCC(CCOC1CO1)(CCOC1CO1)COCC1CO1. The normalized spacial score (nSPS) is 32.7. The van der Waals surface area contributed by atoms with Crippen molar-refractivity contribution in [3.63, 3.8) is 0 Å². The molecule has 0 aromatic carbocycles. The van der Waals surface area contributed by atoms with Gasteiger partial charge in [-0.05, 0) is 24.7 Å². The maximum atomic E-state index is 5.86. The molecule has 3 fully saturated rings. The van der Waals surface area contributed by atoms with Gasteiger partial charge in [0, 0.05) is 0 Å². The van der Waals surface area contributed by atoms with Gasteiger partial charge in [0.2, 0.25) is 0 Å². The lowest BCUT2D eigenvalue weighted by Crippen LogP contribution is -2.31. The second kappa shape index (κ2) is 7.35. The van der Waals surface area contributed by atoms with E-state index in [1.165, 1.54) is 0 Å². The van der Waals surface area contributed by atoms with Crippen molar-refractivity contribution in [3.05, 3.63) is 0 Å².